The number of phenols is 1. The molecule has 0 aliphatic heterocycles. The second-order valence-electron chi connectivity index (χ2n) is 7.88. The van der Waals surface area contributed by atoms with Crippen LogP contribution in [0, 0.1) is 0 Å². The first-order valence-corrected chi connectivity index (χ1v) is 12.6. The predicted molar refractivity (Wildman–Crippen MR) is 145 cm³/mol. The quantitative estimate of drug-likeness (QED) is 0.161. The number of rotatable bonds is 6. The van der Waals surface area contributed by atoms with Crippen LogP contribution in [0.15, 0.2) is 102 Å². The maximum absolute atomic E-state index is 12.9. The van der Waals surface area contributed by atoms with E-state index in [1.54, 1.807) is 24.4 Å². The van der Waals surface area contributed by atoms with Gasteiger partial charge < -0.3 is 18.8 Å². The highest BCUT2D eigenvalue weighted by atomic mass is 79.9. The van der Waals surface area contributed by atoms with Gasteiger partial charge in [0.15, 0.2) is 11.5 Å². The van der Waals surface area contributed by atoms with Crippen LogP contribution in [0.25, 0.3) is 22.2 Å². The lowest BCUT2D eigenvalue weighted by Gasteiger charge is -2.09. The third-order valence-electron chi connectivity index (χ3n) is 5.51. The summed E-state index contributed by atoms with van der Waals surface area (Å²) in [6.45, 7) is 0.497. The number of aromatic hydroxyl groups is 1. The molecule has 0 atom stereocenters. The number of phenolic OH excluding ortho intramolecular Hbond substituents is 1. The molecular formula is C27H20BrN3O4S. The van der Waals surface area contributed by atoms with E-state index in [2.05, 4.69) is 26.1 Å². The van der Waals surface area contributed by atoms with E-state index in [4.69, 9.17) is 9.15 Å². The monoisotopic (exact) mass is 561 g/mol. The summed E-state index contributed by atoms with van der Waals surface area (Å²) in [6.07, 6.45) is 1.58. The maximum atomic E-state index is 12.9. The SMILES string of the molecule is COc1cc(/C=N/N=c2\scc(-c3cc4cc(Br)ccc4oc3=O)n2Cc2ccccc2)ccc1O. The van der Waals surface area contributed by atoms with Gasteiger partial charge in [-0.15, -0.1) is 16.4 Å². The van der Waals surface area contributed by atoms with Gasteiger partial charge in [-0.05, 0) is 53.6 Å². The van der Waals surface area contributed by atoms with E-state index in [9.17, 15) is 9.90 Å². The molecule has 0 unspecified atom stereocenters. The molecule has 0 spiro atoms. The second-order valence-corrected chi connectivity index (χ2v) is 9.63. The molecule has 3 aromatic carbocycles. The van der Waals surface area contributed by atoms with Crippen LogP contribution in [-0.2, 0) is 6.54 Å². The van der Waals surface area contributed by atoms with Crippen molar-refractivity contribution in [2.45, 2.75) is 6.54 Å². The average Bonchev–Trinajstić information content (AvgIpc) is 3.27. The van der Waals surface area contributed by atoms with Gasteiger partial charge in [0, 0.05) is 15.2 Å². The molecule has 1 N–H and O–H groups in total. The second kappa shape index (κ2) is 10.3. The molecule has 0 amide bonds. The van der Waals surface area contributed by atoms with E-state index in [1.165, 1.54) is 24.5 Å². The van der Waals surface area contributed by atoms with Crippen molar-refractivity contribution in [3.8, 4) is 22.8 Å². The Hall–Kier alpha value is -3.95. The van der Waals surface area contributed by atoms with Gasteiger partial charge >= 0.3 is 5.63 Å². The van der Waals surface area contributed by atoms with Crippen molar-refractivity contribution in [1.82, 2.24) is 4.57 Å². The Balaban J connectivity index is 1.61. The zero-order chi connectivity index (χ0) is 25.1. The molecule has 0 bridgehead atoms. The normalized spacial score (nSPS) is 12.0. The zero-order valence-corrected chi connectivity index (χ0v) is 21.5. The van der Waals surface area contributed by atoms with E-state index in [1.807, 2.05) is 58.5 Å². The van der Waals surface area contributed by atoms with E-state index in [0.717, 1.165) is 21.0 Å². The molecule has 7 nitrogen and oxygen atoms in total. The van der Waals surface area contributed by atoms with Crippen molar-refractivity contribution in [3.05, 3.63) is 109 Å². The predicted octanol–water partition coefficient (Wildman–Crippen LogP) is 5.78. The van der Waals surface area contributed by atoms with E-state index >= 15 is 0 Å². The highest BCUT2D eigenvalue weighted by molar-refractivity contribution is 9.10. The Bertz CT molecular complexity index is 1700. The number of aromatic nitrogens is 1. The average molecular weight is 562 g/mol. The highest BCUT2D eigenvalue weighted by Gasteiger charge is 2.15. The van der Waals surface area contributed by atoms with E-state index in [0.29, 0.717) is 33.9 Å². The lowest BCUT2D eigenvalue weighted by molar-refractivity contribution is 0.373. The molecule has 0 fully saturated rings. The van der Waals surface area contributed by atoms with Gasteiger partial charge in [-0.3, -0.25) is 0 Å². The maximum Gasteiger partial charge on any atom is 0.345 e. The van der Waals surface area contributed by atoms with Gasteiger partial charge in [0.1, 0.15) is 5.58 Å². The van der Waals surface area contributed by atoms with Crippen LogP contribution in [-0.4, -0.2) is 23.0 Å². The number of hydrogen-bond donors (Lipinski definition) is 1. The van der Waals surface area contributed by atoms with Crippen LogP contribution < -0.4 is 15.2 Å². The largest absolute Gasteiger partial charge is 0.504 e. The lowest BCUT2D eigenvalue weighted by Crippen LogP contribution is -2.18. The van der Waals surface area contributed by atoms with E-state index < -0.39 is 5.63 Å². The smallest absolute Gasteiger partial charge is 0.345 e. The molecule has 36 heavy (non-hydrogen) atoms. The fourth-order valence-electron chi connectivity index (χ4n) is 3.74. The molecule has 0 radical (unpaired) electrons. The van der Waals surface area contributed by atoms with Crippen LogP contribution in [0.4, 0.5) is 0 Å². The number of ether oxygens (including phenoxy) is 1. The summed E-state index contributed by atoms with van der Waals surface area (Å²) in [5.74, 6) is 0.405. The standard InChI is InChI=1S/C27H20BrN3O4S/c1-34-25-11-18(7-9-23(25)32)14-29-30-27-31(15-17-5-3-2-4-6-17)22(16-36-27)21-13-19-12-20(28)8-10-24(19)35-26(21)33/h2-14,16,32H,15H2,1H3/b29-14+,30-27-. The van der Waals surface area contributed by atoms with Crippen LogP contribution in [0.5, 0.6) is 11.5 Å². The number of halogens is 1. The molecule has 0 aliphatic rings. The molecule has 0 saturated carbocycles. The van der Waals surface area contributed by atoms with Crippen molar-refractivity contribution >= 4 is 44.5 Å². The first kappa shape index (κ1) is 23.8. The van der Waals surface area contributed by atoms with Gasteiger partial charge in [-0.1, -0.05) is 46.3 Å². The van der Waals surface area contributed by atoms with Gasteiger partial charge in [0.2, 0.25) is 4.80 Å². The molecule has 2 aromatic heterocycles. The molecular weight excluding hydrogens is 542 g/mol. The minimum absolute atomic E-state index is 0.0523. The van der Waals surface area contributed by atoms with E-state index in [-0.39, 0.29) is 5.75 Å². The third-order valence-corrected chi connectivity index (χ3v) is 6.85. The number of methoxy groups -OCH3 is 1. The Morgan fingerprint density at radius 2 is 1.94 bits per heavy atom. The number of thiazole rings is 1. The number of benzene rings is 3. The molecule has 5 rings (SSSR count). The summed E-state index contributed by atoms with van der Waals surface area (Å²) in [5, 5.41) is 21.2. The van der Waals surface area contributed by atoms with Crippen molar-refractivity contribution < 1.29 is 14.3 Å². The van der Waals surface area contributed by atoms with Crippen LogP contribution in [0.3, 0.4) is 0 Å². The zero-order valence-electron chi connectivity index (χ0n) is 19.1. The summed E-state index contributed by atoms with van der Waals surface area (Å²) in [7, 11) is 1.49. The molecule has 180 valence electrons. The summed E-state index contributed by atoms with van der Waals surface area (Å²) in [6, 6.07) is 22.2. The lowest BCUT2D eigenvalue weighted by atomic mass is 10.1. The topological polar surface area (TPSA) is 89.3 Å². The minimum Gasteiger partial charge on any atom is -0.504 e. The number of nitrogens with zero attached hydrogens (tertiary/aromatic N) is 3. The minimum atomic E-state index is -0.421. The Morgan fingerprint density at radius 3 is 2.75 bits per heavy atom. The van der Waals surface area contributed by atoms with Crippen molar-refractivity contribution in [3.63, 3.8) is 0 Å². The summed E-state index contributed by atoms with van der Waals surface area (Å²) in [5.41, 5.74) is 3.02. The van der Waals surface area contributed by atoms with Gasteiger partial charge in [-0.25, -0.2) is 4.79 Å². The Kier molecular flexibility index (Phi) is 6.84. The molecule has 5 aromatic rings. The fraction of sp³-hybridized carbons (Fsp3) is 0.0741. The van der Waals surface area contributed by atoms with Crippen LogP contribution >= 0.6 is 27.3 Å². The van der Waals surface area contributed by atoms with Crippen molar-refractivity contribution in [2.24, 2.45) is 10.2 Å². The molecule has 2 heterocycles. The van der Waals surface area contributed by atoms with Crippen LogP contribution in [0.1, 0.15) is 11.1 Å². The highest BCUT2D eigenvalue weighted by Crippen LogP contribution is 2.26. The molecule has 9 heteroatoms. The van der Waals surface area contributed by atoms with Crippen LogP contribution in [0.2, 0.25) is 0 Å². The molecule has 0 aliphatic carbocycles. The van der Waals surface area contributed by atoms with Crippen molar-refractivity contribution in [1.29, 1.82) is 0 Å². The summed E-state index contributed by atoms with van der Waals surface area (Å²) in [4.78, 5) is 13.6. The number of fused-ring (bicyclic) bond motifs is 1. The number of hydrogen-bond acceptors (Lipinski definition) is 7. The third kappa shape index (κ3) is 5.02. The fourth-order valence-corrected chi connectivity index (χ4v) is 4.97. The molecule has 0 saturated heterocycles. The van der Waals surface area contributed by atoms with Crippen molar-refractivity contribution in [2.75, 3.05) is 7.11 Å². The summed E-state index contributed by atoms with van der Waals surface area (Å²) < 4.78 is 13.6. The first-order chi connectivity index (χ1) is 17.5. The Morgan fingerprint density at radius 1 is 1.11 bits per heavy atom. The first-order valence-electron chi connectivity index (χ1n) is 10.9. The Labute approximate surface area is 218 Å². The van der Waals surface area contributed by atoms with Gasteiger partial charge in [-0.2, -0.15) is 5.10 Å². The summed E-state index contributed by atoms with van der Waals surface area (Å²) >= 11 is 4.86. The van der Waals surface area contributed by atoms with Gasteiger partial charge in [0.05, 0.1) is 31.1 Å². The van der Waals surface area contributed by atoms with Gasteiger partial charge in [0.25, 0.3) is 0 Å².